The summed E-state index contributed by atoms with van der Waals surface area (Å²) < 4.78 is 4.96. The molecule has 2 aliphatic rings. The van der Waals surface area contributed by atoms with Gasteiger partial charge in [0.1, 0.15) is 0 Å². The van der Waals surface area contributed by atoms with E-state index in [1.165, 1.54) is 32.4 Å². The molecule has 1 amide bonds. The monoisotopic (exact) mass is 283 g/mol. The minimum absolute atomic E-state index is 0.0955. The van der Waals surface area contributed by atoms with Gasteiger partial charge >= 0.3 is 0 Å². The van der Waals surface area contributed by atoms with Crippen molar-refractivity contribution in [3.63, 3.8) is 0 Å². The molecule has 1 aliphatic heterocycles. The predicted octanol–water partition coefficient (Wildman–Crippen LogP) is 0.602. The molecule has 20 heavy (non-hydrogen) atoms. The van der Waals surface area contributed by atoms with Crippen LogP contribution in [0.2, 0.25) is 0 Å². The number of hydrogen-bond acceptors (Lipinski definition) is 4. The van der Waals surface area contributed by atoms with Gasteiger partial charge in [-0.3, -0.25) is 4.79 Å². The topological polar surface area (TPSA) is 53.6 Å². The van der Waals surface area contributed by atoms with Gasteiger partial charge in [0.05, 0.1) is 6.04 Å². The van der Waals surface area contributed by atoms with Crippen LogP contribution in [0.3, 0.4) is 0 Å². The number of nitrogens with zero attached hydrogens (tertiary/aromatic N) is 1. The van der Waals surface area contributed by atoms with E-state index in [1.807, 2.05) is 6.92 Å². The fourth-order valence-electron chi connectivity index (χ4n) is 2.82. The van der Waals surface area contributed by atoms with Crippen molar-refractivity contribution in [3.05, 3.63) is 0 Å². The molecule has 0 aromatic heterocycles. The van der Waals surface area contributed by atoms with Crippen LogP contribution in [0.5, 0.6) is 0 Å². The second kappa shape index (κ2) is 7.96. The lowest BCUT2D eigenvalue weighted by Gasteiger charge is -2.18. The molecule has 5 heteroatoms. The molecule has 0 aromatic rings. The summed E-state index contributed by atoms with van der Waals surface area (Å²) in [5.74, 6) is 0.803. The van der Waals surface area contributed by atoms with Crippen LogP contribution in [0.25, 0.3) is 0 Å². The van der Waals surface area contributed by atoms with E-state index < -0.39 is 0 Å². The van der Waals surface area contributed by atoms with E-state index in [1.54, 1.807) is 7.11 Å². The van der Waals surface area contributed by atoms with Gasteiger partial charge in [-0.1, -0.05) is 0 Å². The van der Waals surface area contributed by atoms with Crippen molar-refractivity contribution in [1.82, 2.24) is 15.5 Å². The van der Waals surface area contributed by atoms with Gasteiger partial charge in [0.25, 0.3) is 0 Å². The molecular weight excluding hydrogens is 254 g/mol. The highest BCUT2D eigenvalue weighted by atomic mass is 16.5. The second-order valence-electron chi connectivity index (χ2n) is 6.15. The molecule has 0 bridgehead atoms. The minimum Gasteiger partial charge on any atom is -0.385 e. The summed E-state index contributed by atoms with van der Waals surface area (Å²) in [5.41, 5.74) is 0. The van der Waals surface area contributed by atoms with Crippen molar-refractivity contribution in [1.29, 1.82) is 0 Å². The summed E-state index contributed by atoms with van der Waals surface area (Å²) in [5, 5.41) is 6.31. The smallest absolute Gasteiger partial charge is 0.236 e. The largest absolute Gasteiger partial charge is 0.385 e. The molecule has 2 rings (SSSR count). The molecule has 0 radical (unpaired) electrons. The lowest BCUT2D eigenvalue weighted by molar-refractivity contribution is -0.122. The van der Waals surface area contributed by atoms with Crippen LogP contribution in [0.4, 0.5) is 0 Å². The third-order valence-corrected chi connectivity index (χ3v) is 4.31. The molecule has 0 aromatic carbocycles. The van der Waals surface area contributed by atoms with Crippen molar-refractivity contribution in [2.75, 3.05) is 39.9 Å². The van der Waals surface area contributed by atoms with Crippen LogP contribution in [0.15, 0.2) is 0 Å². The SMILES string of the molecule is COCCCNC(=O)C(C)NCC1CCN(C2CC2)C1. The van der Waals surface area contributed by atoms with Gasteiger partial charge in [-0.25, -0.2) is 0 Å². The Morgan fingerprint density at radius 3 is 2.90 bits per heavy atom. The molecule has 0 spiro atoms. The Hall–Kier alpha value is -0.650. The Bertz CT molecular complexity index is 307. The number of likely N-dealkylation sites (tertiary alicyclic amines) is 1. The number of methoxy groups -OCH3 is 1. The number of ether oxygens (including phenoxy) is 1. The Morgan fingerprint density at radius 1 is 1.40 bits per heavy atom. The summed E-state index contributed by atoms with van der Waals surface area (Å²) in [6, 6.07) is 0.772. The molecule has 2 unspecified atom stereocenters. The maximum absolute atomic E-state index is 11.9. The molecule has 2 N–H and O–H groups in total. The number of nitrogens with one attached hydrogen (secondary N) is 2. The standard InChI is InChI=1S/C15H29N3O2/c1-12(15(19)16-7-3-9-20-2)17-10-13-6-8-18(11-13)14-4-5-14/h12-14,17H,3-11H2,1-2H3,(H,16,19). The molecular formula is C15H29N3O2. The van der Waals surface area contributed by atoms with E-state index in [4.69, 9.17) is 4.74 Å². The van der Waals surface area contributed by atoms with Gasteiger partial charge in [0, 0.05) is 32.8 Å². The first-order valence-electron chi connectivity index (χ1n) is 7.94. The van der Waals surface area contributed by atoms with Crippen LogP contribution >= 0.6 is 0 Å². The number of amides is 1. The van der Waals surface area contributed by atoms with Crippen molar-refractivity contribution in [2.24, 2.45) is 5.92 Å². The van der Waals surface area contributed by atoms with Crippen LogP contribution in [0, 0.1) is 5.92 Å². The number of rotatable bonds is 9. The van der Waals surface area contributed by atoms with Crippen LogP contribution < -0.4 is 10.6 Å². The van der Waals surface area contributed by atoms with Gasteiger partial charge in [-0.2, -0.15) is 0 Å². The minimum atomic E-state index is -0.104. The van der Waals surface area contributed by atoms with E-state index in [9.17, 15) is 4.79 Å². The average molecular weight is 283 g/mol. The third-order valence-electron chi connectivity index (χ3n) is 4.31. The van der Waals surface area contributed by atoms with Crippen molar-refractivity contribution in [2.45, 2.75) is 44.7 Å². The summed E-state index contributed by atoms with van der Waals surface area (Å²) in [7, 11) is 1.68. The fourth-order valence-corrected chi connectivity index (χ4v) is 2.82. The first-order valence-corrected chi connectivity index (χ1v) is 7.94. The Kier molecular flexibility index (Phi) is 6.26. The van der Waals surface area contributed by atoms with Crippen molar-refractivity contribution in [3.8, 4) is 0 Å². The molecule has 1 heterocycles. The zero-order valence-electron chi connectivity index (χ0n) is 12.9. The van der Waals surface area contributed by atoms with Gasteiger partial charge in [0.2, 0.25) is 5.91 Å². The first kappa shape index (κ1) is 15.7. The van der Waals surface area contributed by atoms with E-state index >= 15 is 0 Å². The lowest BCUT2D eigenvalue weighted by atomic mass is 10.1. The van der Waals surface area contributed by atoms with Crippen LogP contribution in [0.1, 0.15) is 32.6 Å². The van der Waals surface area contributed by atoms with Crippen LogP contribution in [-0.2, 0) is 9.53 Å². The zero-order valence-corrected chi connectivity index (χ0v) is 12.9. The second-order valence-corrected chi connectivity index (χ2v) is 6.15. The third kappa shape index (κ3) is 5.04. The maximum Gasteiger partial charge on any atom is 0.236 e. The number of carbonyl (C=O) groups excluding carboxylic acids is 1. The van der Waals surface area contributed by atoms with E-state index in [2.05, 4.69) is 15.5 Å². The molecule has 116 valence electrons. The molecule has 2 fully saturated rings. The molecule has 5 nitrogen and oxygen atoms in total. The average Bonchev–Trinajstić information content (AvgIpc) is 3.20. The van der Waals surface area contributed by atoms with Gasteiger partial charge in [-0.05, 0) is 51.6 Å². The highest BCUT2D eigenvalue weighted by molar-refractivity contribution is 5.81. The highest BCUT2D eigenvalue weighted by Gasteiger charge is 2.34. The van der Waals surface area contributed by atoms with Gasteiger partial charge in [0.15, 0.2) is 0 Å². The quantitative estimate of drug-likeness (QED) is 0.609. The predicted molar refractivity (Wildman–Crippen MR) is 79.7 cm³/mol. The molecule has 2 atom stereocenters. The zero-order chi connectivity index (χ0) is 14.4. The van der Waals surface area contributed by atoms with E-state index in [0.29, 0.717) is 19.1 Å². The Morgan fingerprint density at radius 2 is 2.20 bits per heavy atom. The summed E-state index contributed by atoms with van der Waals surface area (Å²) in [6.07, 6.45) is 4.92. The lowest BCUT2D eigenvalue weighted by Crippen LogP contribution is -2.44. The van der Waals surface area contributed by atoms with Crippen molar-refractivity contribution >= 4 is 5.91 Å². The van der Waals surface area contributed by atoms with E-state index in [-0.39, 0.29) is 11.9 Å². The fraction of sp³-hybridized carbons (Fsp3) is 0.933. The molecule has 1 saturated heterocycles. The number of hydrogen-bond donors (Lipinski definition) is 2. The summed E-state index contributed by atoms with van der Waals surface area (Å²) >= 11 is 0. The molecule has 1 saturated carbocycles. The number of carbonyl (C=O) groups is 1. The summed E-state index contributed by atoms with van der Waals surface area (Å²) in [4.78, 5) is 14.5. The van der Waals surface area contributed by atoms with Gasteiger partial charge in [-0.15, -0.1) is 0 Å². The Balaban J connectivity index is 1.55. The molecule has 1 aliphatic carbocycles. The maximum atomic E-state index is 11.9. The first-order chi connectivity index (χ1) is 9.70. The van der Waals surface area contributed by atoms with E-state index in [0.717, 1.165) is 19.0 Å². The van der Waals surface area contributed by atoms with Crippen molar-refractivity contribution < 1.29 is 9.53 Å². The normalized spacial score (nSPS) is 24.8. The van der Waals surface area contributed by atoms with Gasteiger partial charge < -0.3 is 20.3 Å². The Labute approximate surface area is 122 Å². The van der Waals surface area contributed by atoms with Crippen LogP contribution in [-0.4, -0.2) is 62.8 Å². The summed E-state index contributed by atoms with van der Waals surface area (Å²) in [6.45, 7) is 6.74. The highest BCUT2D eigenvalue weighted by Crippen LogP contribution is 2.31.